The van der Waals surface area contributed by atoms with Crippen molar-refractivity contribution >= 4 is 0 Å². The van der Waals surface area contributed by atoms with E-state index in [-0.39, 0.29) is 6.54 Å². The highest BCUT2D eigenvalue weighted by molar-refractivity contribution is 5.42. The van der Waals surface area contributed by atoms with Gasteiger partial charge in [-0.15, -0.1) is 0 Å². The molecule has 0 aromatic carbocycles. The molecular formula is C11H15F3N2O3. The number of hydrogen-bond acceptors (Lipinski definition) is 5. The van der Waals surface area contributed by atoms with Gasteiger partial charge in [0, 0.05) is 25.4 Å². The van der Waals surface area contributed by atoms with Crippen LogP contribution in [0.25, 0.3) is 0 Å². The maximum atomic E-state index is 12.1. The summed E-state index contributed by atoms with van der Waals surface area (Å²) in [6, 6.07) is 1.58. The number of halogens is 3. The number of nitrogens with one attached hydrogen (secondary N) is 1. The fourth-order valence-electron chi connectivity index (χ4n) is 1.42. The molecule has 1 atom stereocenters. The molecule has 0 fully saturated rings. The highest BCUT2D eigenvalue weighted by atomic mass is 19.4. The number of nitrogens with zero attached hydrogens (tertiary/aromatic N) is 1. The monoisotopic (exact) mass is 280 g/mol. The molecule has 1 rings (SSSR count). The molecule has 1 aromatic rings. The van der Waals surface area contributed by atoms with E-state index in [0.717, 1.165) is 0 Å². The first kappa shape index (κ1) is 15.5. The molecule has 2 N–H and O–H groups in total. The average molecular weight is 280 g/mol. The molecular weight excluding hydrogens is 265 g/mol. The van der Waals surface area contributed by atoms with Gasteiger partial charge in [-0.1, -0.05) is 0 Å². The average Bonchev–Trinajstić information content (AvgIpc) is 2.37. The van der Waals surface area contributed by atoms with E-state index in [1.807, 2.05) is 0 Å². The van der Waals surface area contributed by atoms with Crippen LogP contribution in [0.2, 0.25) is 0 Å². The van der Waals surface area contributed by atoms with Gasteiger partial charge < -0.3 is 19.9 Å². The topological polar surface area (TPSA) is 63.6 Å². The third-order valence-corrected chi connectivity index (χ3v) is 2.37. The minimum absolute atomic E-state index is 0.0213. The van der Waals surface area contributed by atoms with E-state index in [1.165, 1.54) is 20.4 Å². The van der Waals surface area contributed by atoms with Crippen molar-refractivity contribution in [2.24, 2.45) is 0 Å². The molecule has 1 unspecified atom stereocenters. The van der Waals surface area contributed by atoms with Crippen LogP contribution in [0.15, 0.2) is 12.3 Å². The Hall–Kier alpha value is -1.54. The van der Waals surface area contributed by atoms with Gasteiger partial charge in [-0.05, 0) is 0 Å². The molecule has 0 amide bonds. The van der Waals surface area contributed by atoms with Crippen molar-refractivity contribution in [2.75, 3.05) is 20.8 Å². The quantitative estimate of drug-likeness (QED) is 0.817. The van der Waals surface area contributed by atoms with Crippen LogP contribution >= 0.6 is 0 Å². The number of rotatable bonds is 6. The lowest BCUT2D eigenvalue weighted by Crippen LogP contribution is -2.38. The number of aliphatic hydroxyl groups excluding tert-OH is 1. The molecule has 1 aromatic heterocycles. The third kappa shape index (κ3) is 4.25. The summed E-state index contributed by atoms with van der Waals surface area (Å²) in [4.78, 5) is 3.99. The van der Waals surface area contributed by atoms with Crippen LogP contribution in [-0.2, 0) is 6.54 Å². The van der Waals surface area contributed by atoms with Crippen LogP contribution < -0.4 is 14.8 Å². The van der Waals surface area contributed by atoms with Gasteiger partial charge in [0.2, 0.25) is 0 Å². The Bertz CT molecular complexity index is 413. The van der Waals surface area contributed by atoms with E-state index in [9.17, 15) is 13.2 Å². The number of aromatic nitrogens is 1. The van der Waals surface area contributed by atoms with Gasteiger partial charge in [-0.3, -0.25) is 4.98 Å². The Morgan fingerprint density at radius 2 is 2.05 bits per heavy atom. The van der Waals surface area contributed by atoms with Crippen LogP contribution in [0, 0.1) is 0 Å². The van der Waals surface area contributed by atoms with E-state index in [0.29, 0.717) is 17.2 Å². The summed E-state index contributed by atoms with van der Waals surface area (Å²) < 4.78 is 46.4. The van der Waals surface area contributed by atoms with Crippen molar-refractivity contribution < 1.29 is 27.8 Å². The minimum Gasteiger partial charge on any atom is -0.493 e. The highest BCUT2D eigenvalue weighted by Crippen LogP contribution is 2.28. The molecule has 0 aliphatic rings. The first-order chi connectivity index (χ1) is 8.90. The lowest BCUT2D eigenvalue weighted by molar-refractivity contribution is -0.201. The SMILES string of the molecule is COc1ccnc(CNCC(O)C(F)(F)F)c1OC. The lowest BCUT2D eigenvalue weighted by atomic mass is 10.3. The third-order valence-electron chi connectivity index (χ3n) is 2.37. The summed E-state index contributed by atoms with van der Waals surface area (Å²) in [7, 11) is 2.86. The molecule has 0 aliphatic heterocycles. The van der Waals surface area contributed by atoms with Gasteiger partial charge in [-0.2, -0.15) is 13.2 Å². The zero-order valence-electron chi connectivity index (χ0n) is 10.5. The number of aliphatic hydroxyl groups is 1. The summed E-state index contributed by atoms with van der Waals surface area (Å²) in [5.41, 5.74) is 0.399. The Morgan fingerprint density at radius 1 is 1.37 bits per heavy atom. The lowest BCUT2D eigenvalue weighted by Gasteiger charge is -2.16. The summed E-state index contributed by atoms with van der Waals surface area (Å²) in [6.45, 7) is -0.598. The van der Waals surface area contributed by atoms with E-state index in [1.54, 1.807) is 6.07 Å². The molecule has 0 spiro atoms. The van der Waals surface area contributed by atoms with Crippen molar-refractivity contribution in [1.29, 1.82) is 0 Å². The van der Waals surface area contributed by atoms with Crippen LogP contribution in [0.4, 0.5) is 13.2 Å². The fraction of sp³-hybridized carbons (Fsp3) is 0.545. The number of pyridine rings is 1. The summed E-state index contributed by atoms with van der Waals surface area (Å²) in [5, 5.41) is 11.3. The van der Waals surface area contributed by atoms with Crippen molar-refractivity contribution in [3.05, 3.63) is 18.0 Å². The van der Waals surface area contributed by atoms with Crippen LogP contribution in [0.5, 0.6) is 11.5 Å². The molecule has 108 valence electrons. The number of alkyl halides is 3. The smallest absolute Gasteiger partial charge is 0.415 e. The number of methoxy groups -OCH3 is 2. The van der Waals surface area contributed by atoms with Crippen molar-refractivity contribution in [2.45, 2.75) is 18.8 Å². The second-order valence-corrected chi connectivity index (χ2v) is 3.68. The van der Waals surface area contributed by atoms with Crippen LogP contribution in [0.1, 0.15) is 5.69 Å². The van der Waals surface area contributed by atoms with E-state index in [2.05, 4.69) is 10.3 Å². The van der Waals surface area contributed by atoms with Gasteiger partial charge >= 0.3 is 6.18 Å². The van der Waals surface area contributed by atoms with Gasteiger partial charge in [0.25, 0.3) is 0 Å². The van der Waals surface area contributed by atoms with Gasteiger partial charge in [0.05, 0.1) is 19.9 Å². The van der Waals surface area contributed by atoms with Crippen LogP contribution in [-0.4, -0.2) is 43.1 Å². The zero-order chi connectivity index (χ0) is 14.5. The number of hydrogen-bond donors (Lipinski definition) is 2. The van der Waals surface area contributed by atoms with Crippen LogP contribution in [0.3, 0.4) is 0 Å². The Morgan fingerprint density at radius 3 is 2.58 bits per heavy atom. The Labute approximate surface area is 108 Å². The Kier molecular flexibility index (Phi) is 5.37. The summed E-state index contributed by atoms with van der Waals surface area (Å²) in [6.07, 6.45) is -5.60. The second-order valence-electron chi connectivity index (χ2n) is 3.68. The highest BCUT2D eigenvalue weighted by Gasteiger charge is 2.37. The van der Waals surface area contributed by atoms with Gasteiger partial charge in [0.1, 0.15) is 0 Å². The Balaban J connectivity index is 2.63. The molecule has 1 heterocycles. The first-order valence-corrected chi connectivity index (χ1v) is 5.41. The minimum atomic E-state index is -4.64. The van der Waals surface area contributed by atoms with E-state index < -0.39 is 18.8 Å². The molecule has 0 bridgehead atoms. The van der Waals surface area contributed by atoms with Crippen molar-refractivity contribution in [3.8, 4) is 11.5 Å². The standard InChI is InChI=1S/C11H15F3N2O3/c1-18-8-3-4-16-7(10(8)19-2)5-15-6-9(17)11(12,13)14/h3-4,9,15,17H,5-6H2,1-2H3. The predicted molar refractivity (Wildman–Crippen MR) is 61.1 cm³/mol. The molecule has 19 heavy (non-hydrogen) atoms. The largest absolute Gasteiger partial charge is 0.493 e. The normalized spacial score (nSPS) is 13.2. The first-order valence-electron chi connectivity index (χ1n) is 5.41. The summed E-state index contributed by atoms with van der Waals surface area (Å²) >= 11 is 0. The van der Waals surface area contributed by atoms with Crippen molar-refractivity contribution in [3.63, 3.8) is 0 Å². The van der Waals surface area contributed by atoms with Crippen molar-refractivity contribution in [1.82, 2.24) is 10.3 Å². The molecule has 0 radical (unpaired) electrons. The van der Waals surface area contributed by atoms with E-state index >= 15 is 0 Å². The molecule has 8 heteroatoms. The maximum absolute atomic E-state index is 12.1. The fourth-order valence-corrected chi connectivity index (χ4v) is 1.42. The zero-order valence-corrected chi connectivity index (χ0v) is 10.5. The molecule has 0 aliphatic carbocycles. The molecule has 0 saturated heterocycles. The molecule has 5 nitrogen and oxygen atoms in total. The maximum Gasteiger partial charge on any atom is 0.415 e. The van der Waals surface area contributed by atoms with E-state index in [4.69, 9.17) is 14.6 Å². The molecule has 0 saturated carbocycles. The van der Waals surface area contributed by atoms with Gasteiger partial charge in [-0.25, -0.2) is 0 Å². The van der Waals surface area contributed by atoms with Gasteiger partial charge in [0.15, 0.2) is 17.6 Å². The summed E-state index contributed by atoms with van der Waals surface area (Å²) in [5.74, 6) is 0.782. The second kappa shape index (κ2) is 6.58. The predicted octanol–water partition coefficient (Wildman–Crippen LogP) is 1.11. The number of ether oxygens (including phenoxy) is 2.